The highest BCUT2D eigenvalue weighted by atomic mass is 32.2. The van der Waals surface area contributed by atoms with Crippen LogP contribution in [0.4, 0.5) is 0 Å². The zero-order chi connectivity index (χ0) is 20.8. The lowest BCUT2D eigenvalue weighted by Crippen LogP contribution is -2.17. The first kappa shape index (κ1) is 22.3. The molecular formula is C19H24N2O5S. The number of benzene rings is 2. The van der Waals surface area contributed by atoms with E-state index in [1.54, 1.807) is 19.2 Å². The van der Waals surface area contributed by atoms with Crippen molar-refractivity contribution in [2.45, 2.75) is 31.6 Å². The fraction of sp³-hybridized carbons (Fsp3) is 0.263. The summed E-state index contributed by atoms with van der Waals surface area (Å²) in [6, 6.07) is 11.2. The molecule has 0 aliphatic carbocycles. The molecule has 146 valence electrons. The van der Waals surface area contributed by atoms with E-state index in [2.05, 4.69) is 0 Å². The number of nitrogens with two attached hydrogens (primary N) is 2. The minimum atomic E-state index is -3.75. The number of ketones is 1. The topological polar surface area (TPSA) is 130 Å². The molecule has 7 nitrogen and oxygen atoms in total. The van der Waals surface area contributed by atoms with E-state index in [-0.39, 0.29) is 16.6 Å². The van der Waals surface area contributed by atoms with Gasteiger partial charge in [-0.3, -0.25) is 9.59 Å². The molecule has 0 unspecified atom stereocenters. The van der Waals surface area contributed by atoms with Gasteiger partial charge in [0, 0.05) is 5.56 Å². The highest BCUT2D eigenvalue weighted by molar-refractivity contribution is 7.89. The fourth-order valence-electron chi connectivity index (χ4n) is 2.36. The predicted octanol–water partition coefficient (Wildman–Crippen LogP) is 2.45. The summed E-state index contributed by atoms with van der Waals surface area (Å²) in [4.78, 5) is 22.1. The van der Waals surface area contributed by atoms with Crippen molar-refractivity contribution in [3.05, 3.63) is 59.2 Å². The van der Waals surface area contributed by atoms with E-state index in [1.807, 2.05) is 26.0 Å². The number of amides is 1. The molecular weight excluding hydrogens is 368 g/mol. The maximum Gasteiger partial charge on any atom is 0.248 e. The van der Waals surface area contributed by atoms with Crippen molar-refractivity contribution in [2.24, 2.45) is 10.9 Å². The van der Waals surface area contributed by atoms with Gasteiger partial charge in [0.25, 0.3) is 0 Å². The van der Waals surface area contributed by atoms with E-state index in [0.29, 0.717) is 22.4 Å². The number of ether oxygens (including phenoxy) is 1. The van der Waals surface area contributed by atoms with Gasteiger partial charge in [0.2, 0.25) is 15.9 Å². The fourth-order valence-corrected chi connectivity index (χ4v) is 2.90. The highest BCUT2D eigenvalue weighted by Gasteiger charge is 2.16. The van der Waals surface area contributed by atoms with E-state index in [0.717, 1.165) is 0 Å². The van der Waals surface area contributed by atoms with Crippen LogP contribution >= 0.6 is 0 Å². The summed E-state index contributed by atoms with van der Waals surface area (Å²) in [6.45, 7) is 5.21. The van der Waals surface area contributed by atoms with Crippen molar-refractivity contribution < 1.29 is 22.7 Å². The molecule has 0 aromatic heterocycles. The van der Waals surface area contributed by atoms with Crippen LogP contribution in [0.2, 0.25) is 0 Å². The molecule has 0 aliphatic heterocycles. The van der Waals surface area contributed by atoms with Crippen molar-refractivity contribution in [1.82, 2.24) is 0 Å². The Bertz CT molecular complexity index is 937. The van der Waals surface area contributed by atoms with Gasteiger partial charge in [-0.1, -0.05) is 26.0 Å². The van der Waals surface area contributed by atoms with Crippen LogP contribution in [0.1, 0.15) is 53.0 Å². The zero-order valence-electron chi connectivity index (χ0n) is 15.7. The second-order valence-electron chi connectivity index (χ2n) is 6.07. The van der Waals surface area contributed by atoms with Crippen LogP contribution in [0.15, 0.2) is 47.4 Å². The number of hydrogen-bond acceptors (Lipinski definition) is 5. The molecule has 0 atom stereocenters. The van der Waals surface area contributed by atoms with Gasteiger partial charge in [0.15, 0.2) is 5.78 Å². The number of carbonyl (C=O) groups is 2. The highest BCUT2D eigenvalue weighted by Crippen LogP contribution is 2.22. The van der Waals surface area contributed by atoms with Crippen LogP contribution in [0.25, 0.3) is 0 Å². The third-order valence-electron chi connectivity index (χ3n) is 3.73. The molecule has 8 heteroatoms. The van der Waals surface area contributed by atoms with Crippen LogP contribution in [0.3, 0.4) is 0 Å². The quantitative estimate of drug-likeness (QED) is 0.755. The van der Waals surface area contributed by atoms with Crippen molar-refractivity contribution in [3.63, 3.8) is 0 Å². The largest absolute Gasteiger partial charge is 0.496 e. The maximum atomic E-state index is 11.2. The van der Waals surface area contributed by atoms with Crippen molar-refractivity contribution in [1.29, 1.82) is 0 Å². The van der Waals surface area contributed by atoms with E-state index in [1.165, 1.54) is 25.1 Å². The van der Waals surface area contributed by atoms with Gasteiger partial charge >= 0.3 is 0 Å². The van der Waals surface area contributed by atoms with Crippen LogP contribution in [0, 0.1) is 0 Å². The Kier molecular flexibility index (Phi) is 7.68. The molecule has 0 saturated heterocycles. The van der Waals surface area contributed by atoms with Gasteiger partial charge in [0.05, 0.1) is 17.6 Å². The molecule has 27 heavy (non-hydrogen) atoms. The van der Waals surface area contributed by atoms with Crippen molar-refractivity contribution in [3.8, 4) is 5.75 Å². The number of carbonyl (C=O) groups excluding carboxylic acids is 2. The number of primary amides is 1. The standard InChI is InChI=1S/C10H14N2O3S.C9H10O2/c1-6(2)9-5-7(16(12,14)15)3-4-8(9)10(11)13;1-7(10)8-5-3-4-6-9(8)11-2/h3-6H,1-2H3,(H2,11,13)(H2,12,14,15);3-6H,1-2H3. The minimum absolute atomic E-state index is 0.0100. The molecule has 0 aliphatic rings. The molecule has 0 saturated carbocycles. The smallest absolute Gasteiger partial charge is 0.248 e. The average Bonchev–Trinajstić information content (AvgIpc) is 2.60. The summed E-state index contributed by atoms with van der Waals surface area (Å²) in [6.07, 6.45) is 0. The summed E-state index contributed by atoms with van der Waals surface area (Å²) >= 11 is 0. The number of rotatable bonds is 5. The SMILES string of the molecule is CC(C)c1cc(S(N)(=O)=O)ccc1C(N)=O.COc1ccccc1C(C)=O. The zero-order valence-corrected chi connectivity index (χ0v) is 16.5. The Morgan fingerprint density at radius 3 is 2.04 bits per heavy atom. The first-order chi connectivity index (χ1) is 12.5. The van der Waals surface area contributed by atoms with Gasteiger partial charge in [-0.2, -0.15) is 0 Å². The Balaban J connectivity index is 0.000000289. The second-order valence-corrected chi connectivity index (χ2v) is 7.63. The van der Waals surface area contributed by atoms with Crippen LogP contribution in [-0.2, 0) is 10.0 Å². The minimum Gasteiger partial charge on any atom is -0.496 e. The van der Waals surface area contributed by atoms with Gasteiger partial charge in [-0.25, -0.2) is 13.6 Å². The van der Waals surface area contributed by atoms with Gasteiger partial charge in [-0.05, 0) is 48.7 Å². The van der Waals surface area contributed by atoms with Crippen molar-refractivity contribution >= 4 is 21.7 Å². The number of methoxy groups -OCH3 is 1. The number of sulfonamides is 1. The van der Waals surface area contributed by atoms with E-state index in [4.69, 9.17) is 15.6 Å². The molecule has 4 N–H and O–H groups in total. The summed E-state index contributed by atoms with van der Waals surface area (Å²) in [5.74, 6) is 0.0799. The number of para-hydroxylation sites is 1. The normalized spacial score (nSPS) is 10.7. The Morgan fingerprint density at radius 2 is 1.63 bits per heavy atom. The first-order valence-electron chi connectivity index (χ1n) is 8.09. The molecule has 0 spiro atoms. The number of Topliss-reactive ketones (excluding diaryl/α,β-unsaturated/α-hetero) is 1. The van der Waals surface area contributed by atoms with Crippen molar-refractivity contribution in [2.75, 3.05) is 7.11 Å². The van der Waals surface area contributed by atoms with Gasteiger partial charge in [0.1, 0.15) is 5.75 Å². The summed E-state index contributed by atoms with van der Waals surface area (Å²) in [7, 11) is -2.20. The summed E-state index contributed by atoms with van der Waals surface area (Å²) < 4.78 is 27.3. The van der Waals surface area contributed by atoms with Crippen LogP contribution < -0.4 is 15.6 Å². The van der Waals surface area contributed by atoms with E-state index < -0.39 is 15.9 Å². The second kappa shape index (κ2) is 9.29. The Morgan fingerprint density at radius 1 is 1.04 bits per heavy atom. The lowest BCUT2D eigenvalue weighted by Gasteiger charge is -2.11. The third-order valence-corrected chi connectivity index (χ3v) is 4.64. The molecule has 0 radical (unpaired) electrons. The lowest BCUT2D eigenvalue weighted by molar-refractivity contribution is 0.0994. The third kappa shape index (κ3) is 6.19. The molecule has 0 heterocycles. The Hall–Kier alpha value is -2.71. The molecule has 2 aromatic rings. The lowest BCUT2D eigenvalue weighted by atomic mass is 9.97. The summed E-state index contributed by atoms with van der Waals surface area (Å²) in [5, 5.41) is 5.01. The maximum absolute atomic E-state index is 11.2. The Labute approximate surface area is 159 Å². The summed E-state index contributed by atoms with van der Waals surface area (Å²) in [5.41, 5.74) is 6.73. The van der Waals surface area contributed by atoms with Gasteiger partial charge < -0.3 is 10.5 Å². The van der Waals surface area contributed by atoms with E-state index >= 15 is 0 Å². The molecule has 2 rings (SSSR count). The number of hydrogen-bond donors (Lipinski definition) is 2. The first-order valence-corrected chi connectivity index (χ1v) is 9.64. The number of primary sulfonamides is 1. The van der Waals surface area contributed by atoms with Crippen LogP contribution in [-0.4, -0.2) is 27.2 Å². The molecule has 0 bridgehead atoms. The average molecular weight is 392 g/mol. The molecule has 2 aromatic carbocycles. The monoisotopic (exact) mass is 392 g/mol. The predicted molar refractivity (Wildman–Crippen MR) is 103 cm³/mol. The molecule has 0 fully saturated rings. The van der Waals surface area contributed by atoms with E-state index in [9.17, 15) is 18.0 Å². The van der Waals surface area contributed by atoms with Crippen LogP contribution in [0.5, 0.6) is 5.75 Å². The van der Waals surface area contributed by atoms with Gasteiger partial charge in [-0.15, -0.1) is 0 Å². The molecule has 1 amide bonds.